The van der Waals surface area contributed by atoms with Gasteiger partial charge >= 0.3 is 0 Å². The van der Waals surface area contributed by atoms with E-state index in [1.54, 1.807) is 0 Å². The molecule has 0 amide bonds. The largest absolute Gasteiger partial charge is 0.341 e. The SMILES string of the molecule is Cn1ccnc1N1CC(Br)C(C)(C)C1. The van der Waals surface area contributed by atoms with Gasteiger partial charge in [0.1, 0.15) is 0 Å². The Hall–Kier alpha value is -0.510. The molecule has 3 nitrogen and oxygen atoms in total. The first-order valence-electron chi connectivity index (χ1n) is 4.87. The molecule has 0 aliphatic carbocycles. The van der Waals surface area contributed by atoms with Crippen molar-refractivity contribution in [2.45, 2.75) is 18.7 Å². The number of hydrogen-bond acceptors (Lipinski definition) is 2. The first-order chi connectivity index (χ1) is 6.50. The number of imidazole rings is 1. The van der Waals surface area contributed by atoms with Gasteiger partial charge < -0.3 is 9.47 Å². The van der Waals surface area contributed by atoms with Gasteiger partial charge in [-0.1, -0.05) is 29.8 Å². The van der Waals surface area contributed by atoms with Gasteiger partial charge in [-0.25, -0.2) is 4.98 Å². The maximum atomic E-state index is 4.37. The van der Waals surface area contributed by atoms with E-state index in [4.69, 9.17) is 0 Å². The minimum absolute atomic E-state index is 0.325. The van der Waals surface area contributed by atoms with E-state index in [1.807, 2.05) is 19.4 Å². The Morgan fingerprint density at radius 1 is 1.57 bits per heavy atom. The normalized spacial score (nSPS) is 25.7. The average Bonchev–Trinajstić information content (AvgIpc) is 2.58. The predicted octanol–water partition coefficient (Wildman–Crippen LogP) is 2.03. The summed E-state index contributed by atoms with van der Waals surface area (Å²) in [5, 5.41) is 0. The van der Waals surface area contributed by atoms with E-state index < -0.39 is 0 Å². The second-order valence-electron chi connectivity index (χ2n) is 4.67. The minimum Gasteiger partial charge on any atom is -0.341 e. The van der Waals surface area contributed by atoms with Gasteiger partial charge in [0.15, 0.2) is 0 Å². The van der Waals surface area contributed by atoms with Crippen molar-refractivity contribution in [3.05, 3.63) is 12.4 Å². The van der Waals surface area contributed by atoms with Crippen LogP contribution in [0.5, 0.6) is 0 Å². The highest BCUT2D eigenvalue weighted by molar-refractivity contribution is 9.09. The molecule has 1 saturated heterocycles. The Kier molecular flexibility index (Phi) is 2.33. The lowest BCUT2D eigenvalue weighted by Gasteiger charge is -2.21. The lowest BCUT2D eigenvalue weighted by molar-refractivity contribution is 0.433. The lowest BCUT2D eigenvalue weighted by atomic mass is 9.93. The van der Waals surface area contributed by atoms with Crippen molar-refractivity contribution in [2.24, 2.45) is 12.5 Å². The van der Waals surface area contributed by atoms with Crippen molar-refractivity contribution >= 4 is 21.9 Å². The summed E-state index contributed by atoms with van der Waals surface area (Å²) in [6.07, 6.45) is 3.84. The van der Waals surface area contributed by atoms with Crippen molar-refractivity contribution in [3.63, 3.8) is 0 Å². The van der Waals surface area contributed by atoms with Crippen molar-refractivity contribution in [1.29, 1.82) is 0 Å². The van der Waals surface area contributed by atoms with E-state index >= 15 is 0 Å². The van der Waals surface area contributed by atoms with E-state index in [9.17, 15) is 0 Å². The smallest absolute Gasteiger partial charge is 0.205 e. The van der Waals surface area contributed by atoms with Gasteiger partial charge in [-0.15, -0.1) is 0 Å². The van der Waals surface area contributed by atoms with Gasteiger partial charge in [-0.3, -0.25) is 0 Å². The second-order valence-corrected chi connectivity index (χ2v) is 5.78. The zero-order valence-corrected chi connectivity index (χ0v) is 10.5. The van der Waals surface area contributed by atoms with Crippen LogP contribution in [0.4, 0.5) is 5.95 Å². The van der Waals surface area contributed by atoms with Crippen LogP contribution in [0, 0.1) is 5.41 Å². The molecular formula is C10H16BrN3. The average molecular weight is 258 g/mol. The van der Waals surface area contributed by atoms with Gasteiger partial charge in [-0.2, -0.15) is 0 Å². The van der Waals surface area contributed by atoms with E-state index in [-0.39, 0.29) is 0 Å². The van der Waals surface area contributed by atoms with Crippen LogP contribution in [-0.4, -0.2) is 27.5 Å². The second kappa shape index (κ2) is 3.26. The van der Waals surface area contributed by atoms with Gasteiger partial charge in [-0.05, 0) is 5.41 Å². The highest BCUT2D eigenvalue weighted by Crippen LogP contribution is 2.36. The molecule has 0 spiro atoms. The summed E-state index contributed by atoms with van der Waals surface area (Å²) in [5.41, 5.74) is 0.325. The summed E-state index contributed by atoms with van der Waals surface area (Å²) in [6.45, 7) is 6.68. The molecule has 1 aromatic rings. The van der Waals surface area contributed by atoms with Gasteiger partial charge in [0, 0.05) is 37.4 Å². The van der Waals surface area contributed by atoms with Crippen LogP contribution in [0.1, 0.15) is 13.8 Å². The summed E-state index contributed by atoms with van der Waals surface area (Å²) >= 11 is 3.73. The number of alkyl halides is 1. The maximum absolute atomic E-state index is 4.37. The minimum atomic E-state index is 0.325. The Labute approximate surface area is 93.2 Å². The topological polar surface area (TPSA) is 21.1 Å². The van der Waals surface area contributed by atoms with Crippen molar-refractivity contribution in [2.75, 3.05) is 18.0 Å². The number of hydrogen-bond donors (Lipinski definition) is 0. The summed E-state index contributed by atoms with van der Waals surface area (Å²) in [6, 6.07) is 0. The molecule has 1 fully saturated rings. The molecule has 78 valence electrons. The number of nitrogens with zero attached hydrogens (tertiary/aromatic N) is 3. The fourth-order valence-corrected chi connectivity index (χ4v) is 2.41. The van der Waals surface area contributed by atoms with Gasteiger partial charge in [0.05, 0.1) is 0 Å². The van der Waals surface area contributed by atoms with E-state index in [2.05, 4.69) is 44.2 Å². The molecule has 1 aromatic heterocycles. The summed E-state index contributed by atoms with van der Waals surface area (Å²) in [7, 11) is 2.04. The third kappa shape index (κ3) is 1.56. The molecule has 0 saturated carbocycles. The maximum Gasteiger partial charge on any atom is 0.205 e. The Morgan fingerprint density at radius 3 is 2.71 bits per heavy atom. The Balaban J connectivity index is 2.21. The lowest BCUT2D eigenvalue weighted by Crippen LogP contribution is -2.25. The Bertz CT molecular complexity index is 332. The van der Waals surface area contributed by atoms with Crippen LogP contribution in [0.3, 0.4) is 0 Å². The van der Waals surface area contributed by atoms with Crippen LogP contribution < -0.4 is 4.90 Å². The quantitative estimate of drug-likeness (QED) is 0.719. The third-order valence-electron chi connectivity index (χ3n) is 2.91. The fourth-order valence-electron chi connectivity index (χ4n) is 1.91. The van der Waals surface area contributed by atoms with E-state index in [0.717, 1.165) is 19.0 Å². The van der Waals surface area contributed by atoms with Crippen molar-refractivity contribution in [1.82, 2.24) is 9.55 Å². The zero-order valence-electron chi connectivity index (χ0n) is 8.87. The van der Waals surface area contributed by atoms with E-state index in [1.165, 1.54) is 0 Å². The van der Waals surface area contributed by atoms with Crippen LogP contribution in [0.15, 0.2) is 12.4 Å². The molecule has 0 N–H and O–H groups in total. The van der Waals surface area contributed by atoms with Crippen LogP contribution in [0.2, 0.25) is 0 Å². The molecule has 1 aliphatic heterocycles. The number of aryl methyl sites for hydroxylation is 1. The predicted molar refractivity (Wildman–Crippen MR) is 61.9 cm³/mol. The number of halogens is 1. The number of rotatable bonds is 1. The summed E-state index contributed by atoms with van der Waals surface area (Å²) in [4.78, 5) is 7.25. The molecule has 0 radical (unpaired) electrons. The monoisotopic (exact) mass is 257 g/mol. The summed E-state index contributed by atoms with van der Waals surface area (Å²) in [5.74, 6) is 1.07. The number of aromatic nitrogens is 2. The standard InChI is InChI=1S/C10H16BrN3/c1-10(2)7-14(6-8(10)11)9-12-4-5-13(9)3/h4-5,8H,6-7H2,1-3H3. The number of anilines is 1. The van der Waals surface area contributed by atoms with Crippen LogP contribution in [-0.2, 0) is 7.05 Å². The Morgan fingerprint density at radius 2 is 2.29 bits per heavy atom. The van der Waals surface area contributed by atoms with Crippen molar-refractivity contribution < 1.29 is 0 Å². The zero-order chi connectivity index (χ0) is 10.3. The molecule has 2 heterocycles. The first-order valence-corrected chi connectivity index (χ1v) is 5.78. The molecule has 4 heteroatoms. The molecule has 1 atom stereocenters. The summed E-state index contributed by atoms with van der Waals surface area (Å²) < 4.78 is 2.07. The van der Waals surface area contributed by atoms with Gasteiger partial charge in [0.2, 0.25) is 5.95 Å². The molecule has 0 aromatic carbocycles. The molecular weight excluding hydrogens is 242 g/mol. The highest BCUT2D eigenvalue weighted by Gasteiger charge is 2.38. The molecule has 2 rings (SSSR count). The van der Waals surface area contributed by atoms with Gasteiger partial charge in [0.25, 0.3) is 0 Å². The molecule has 1 unspecified atom stereocenters. The highest BCUT2D eigenvalue weighted by atomic mass is 79.9. The molecule has 14 heavy (non-hydrogen) atoms. The van der Waals surface area contributed by atoms with Crippen molar-refractivity contribution in [3.8, 4) is 0 Å². The third-order valence-corrected chi connectivity index (χ3v) is 4.43. The van der Waals surface area contributed by atoms with Crippen LogP contribution in [0.25, 0.3) is 0 Å². The first kappa shape index (κ1) is 10.0. The fraction of sp³-hybridized carbons (Fsp3) is 0.700. The molecule has 0 bridgehead atoms. The van der Waals surface area contributed by atoms with E-state index in [0.29, 0.717) is 10.2 Å². The van der Waals surface area contributed by atoms with Crippen LogP contribution >= 0.6 is 15.9 Å². The molecule has 1 aliphatic rings.